The van der Waals surface area contributed by atoms with Crippen LogP contribution in [0.2, 0.25) is 0 Å². The van der Waals surface area contributed by atoms with Gasteiger partial charge in [0.2, 0.25) is 0 Å². The molecule has 22 heavy (non-hydrogen) atoms. The largest absolute Gasteiger partial charge is 0.497 e. The maximum atomic E-state index is 11.7. The molecular weight excluding hydrogens is 302 g/mol. The Bertz CT molecular complexity index is 683. The summed E-state index contributed by atoms with van der Waals surface area (Å²) in [5, 5.41) is 0. The van der Waals surface area contributed by atoms with Crippen molar-refractivity contribution in [2.24, 2.45) is 4.99 Å². The average Bonchev–Trinajstić information content (AvgIpc) is 2.53. The van der Waals surface area contributed by atoms with Gasteiger partial charge in [-0.25, -0.2) is 0 Å². The third-order valence-electron chi connectivity index (χ3n) is 4.50. The Morgan fingerprint density at radius 1 is 1.32 bits per heavy atom. The molecule has 1 saturated carbocycles. The summed E-state index contributed by atoms with van der Waals surface area (Å²) < 4.78 is 34.0. The lowest BCUT2D eigenvalue weighted by Gasteiger charge is -2.36. The van der Waals surface area contributed by atoms with E-state index >= 15 is 0 Å². The van der Waals surface area contributed by atoms with Crippen LogP contribution < -0.4 is 4.74 Å². The second kappa shape index (κ2) is 6.01. The van der Waals surface area contributed by atoms with Gasteiger partial charge in [0.25, 0.3) is 10.1 Å². The van der Waals surface area contributed by atoms with Crippen molar-refractivity contribution in [3.63, 3.8) is 0 Å². The van der Waals surface area contributed by atoms with Crippen LogP contribution in [0.3, 0.4) is 0 Å². The number of fused-ring (bicyclic) bond motifs is 3. The van der Waals surface area contributed by atoms with Gasteiger partial charge in [-0.2, -0.15) is 8.42 Å². The van der Waals surface area contributed by atoms with Gasteiger partial charge in [0.1, 0.15) is 5.75 Å². The van der Waals surface area contributed by atoms with Crippen LogP contribution in [0.4, 0.5) is 0 Å². The fraction of sp³-hybridized carbons (Fsp3) is 0.562. The Balaban J connectivity index is 1.83. The highest BCUT2D eigenvalue weighted by molar-refractivity contribution is 7.86. The van der Waals surface area contributed by atoms with Crippen molar-refractivity contribution in [3.05, 3.63) is 29.3 Å². The molecule has 5 nitrogen and oxygen atoms in total. The summed E-state index contributed by atoms with van der Waals surface area (Å²) in [5.41, 5.74) is 2.27. The number of nitrogens with zero attached hydrogens (tertiary/aromatic N) is 1. The highest BCUT2D eigenvalue weighted by atomic mass is 32.2. The third kappa shape index (κ3) is 3.03. The number of hydrogen-bond donors (Lipinski definition) is 0. The normalized spacial score (nSPS) is 27.1. The van der Waals surface area contributed by atoms with Crippen molar-refractivity contribution in [1.82, 2.24) is 0 Å². The van der Waals surface area contributed by atoms with Gasteiger partial charge in [-0.15, -0.1) is 0 Å². The van der Waals surface area contributed by atoms with Gasteiger partial charge in [-0.05, 0) is 49.4 Å². The van der Waals surface area contributed by atoms with Crippen LogP contribution in [0.5, 0.6) is 5.75 Å². The lowest BCUT2D eigenvalue weighted by Crippen LogP contribution is -2.34. The van der Waals surface area contributed by atoms with Gasteiger partial charge in [0, 0.05) is 12.1 Å². The minimum absolute atomic E-state index is 0.0174. The van der Waals surface area contributed by atoms with E-state index in [-0.39, 0.29) is 23.8 Å². The van der Waals surface area contributed by atoms with Crippen LogP contribution in [-0.2, 0) is 14.3 Å². The van der Waals surface area contributed by atoms with Gasteiger partial charge in [-0.3, -0.25) is 9.18 Å². The molecule has 3 rings (SSSR count). The second-order valence-corrected chi connectivity index (χ2v) is 7.71. The maximum Gasteiger partial charge on any atom is 0.267 e. The zero-order valence-corrected chi connectivity index (χ0v) is 13.7. The minimum Gasteiger partial charge on any atom is -0.497 e. The van der Waals surface area contributed by atoms with Crippen LogP contribution in [0, 0.1) is 0 Å². The zero-order valence-electron chi connectivity index (χ0n) is 12.9. The van der Waals surface area contributed by atoms with Gasteiger partial charge >= 0.3 is 0 Å². The Morgan fingerprint density at radius 3 is 2.86 bits per heavy atom. The first-order valence-corrected chi connectivity index (χ1v) is 9.22. The number of methoxy groups -OCH3 is 1. The van der Waals surface area contributed by atoms with E-state index in [2.05, 4.69) is 11.1 Å². The van der Waals surface area contributed by atoms with Gasteiger partial charge in [-0.1, -0.05) is 6.07 Å². The smallest absolute Gasteiger partial charge is 0.267 e. The van der Waals surface area contributed by atoms with Crippen LogP contribution in [0.1, 0.15) is 43.2 Å². The van der Waals surface area contributed by atoms with Crippen LogP contribution in [-0.4, -0.2) is 39.6 Å². The predicted octanol–water partition coefficient (Wildman–Crippen LogP) is 2.50. The van der Waals surface area contributed by atoms with Crippen molar-refractivity contribution >= 4 is 16.3 Å². The summed E-state index contributed by atoms with van der Waals surface area (Å²) in [7, 11) is -1.76. The summed E-state index contributed by atoms with van der Waals surface area (Å²) in [4.78, 5) is 4.63. The predicted molar refractivity (Wildman–Crippen MR) is 85.3 cm³/mol. The molecule has 1 aromatic rings. The van der Waals surface area contributed by atoms with Gasteiger partial charge in [0.15, 0.2) is 0 Å². The molecule has 0 radical (unpaired) electrons. The summed E-state index contributed by atoms with van der Waals surface area (Å²) >= 11 is 0. The molecular formula is C16H21NO4S. The molecule has 3 unspecified atom stereocenters. The maximum absolute atomic E-state index is 11.7. The summed E-state index contributed by atoms with van der Waals surface area (Å²) in [5.74, 6) is 1.04. The Labute approximate surface area is 131 Å². The van der Waals surface area contributed by atoms with E-state index in [1.54, 1.807) is 14.0 Å². The molecule has 1 heterocycles. The fourth-order valence-electron chi connectivity index (χ4n) is 3.30. The minimum atomic E-state index is -3.40. The lowest BCUT2D eigenvalue weighted by atomic mass is 9.76. The Kier molecular flexibility index (Phi) is 4.23. The van der Waals surface area contributed by atoms with Crippen LogP contribution in [0.15, 0.2) is 23.2 Å². The second-order valence-electron chi connectivity index (χ2n) is 5.82. The fourth-order valence-corrected chi connectivity index (χ4v) is 4.02. The summed E-state index contributed by atoms with van der Waals surface area (Å²) in [6.07, 6.45) is 3.96. The Morgan fingerprint density at radius 2 is 2.14 bits per heavy atom. The summed E-state index contributed by atoms with van der Waals surface area (Å²) in [6, 6.07) is 6.21. The number of benzene rings is 1. The molecule has 2 aliphatic rings. The molecule has 0 saturated heterocycles. The Hall–Kier alpha value is -1.40. The molecule has 0 aromatic heterocycles. The highest BCUT2D eigenvalue weighted by Gasteiger charge is 2.36. The first-order valence-electron chi connectivity index (χ1n) is 7.64. The molecule has 3 atom stereocenters. The van der Waals surface area contributed by atoms with Gasteiger partial charge < -0.3 is 4.74 Å². The van der Waals surface area contributed by atoms with E-state index < -0.39 is 10.1 Å². The zero-order chi connectivity index (χ0) is 15.7. The van der Waals surface area contributed by atoms with Crippen molar-refractivity contribution in [3.8, 4) is 5.75 Å². The molecule has 0 amide bonds. The molecule has 1 aliphatic carbocycles. The molecule has 0 N–H and O–H groups in total. The van der Waals surface area contributed by atoms with Crippen molar-refractivity contribution in [2.75, 3.05) is 12.9 Å². The van der Waals surface area contributed by atoms with Crippen molar-refractivity contribution in [2.45, 2.75) is 44.2 Å². The number of rotatable bonds is 4. The van der Waals surface area contributed by atoms with Gasteiger partial charge in [0.05, 0.1) is 25.0 Å². The molecule has 6 heteroatoms. The van der Waals surface area contributed by atoms with Crippen molar-refractivity contribution < 1.29 is 17.3 Å². The molecule has 1 fully saturated rings. The molecule has 1 aromatic carbocycles. The number of ether oxygens (including phenoxy) is 1. The standard InChI is InChI=1S/C16H21NO4S/c1-3-22(18,19)21-13-5-7-16-15(9-13)14-6-4-12(20-2)8-11(14)10-17-16/h4,6,8,10,13,15-16H,3,5,7,9H2,1-2H3. The van der Waals surface area contributed by atoms with E-state index in [9.17, 15) is 8.42 Å². The summed E-state index contributed by atoms with van der Waals surface area (Å²) in [6.45, 7) is 1.60. The molecule has 120 valence electrons. The molecule has 0 bridgehead atoms. The number of hydrogen-bond acceptors (Lipinski definition) is 5. The van der Waals surface area contributed by atoms with E-state index in [1.807, 2.05) is 18.3 Å². The number of aliphatic imine (C=N–C) groups is 1. The van der Waals surface area contributed by atoms with Crippen LogP contribution >= 0.6 is 0 Å². The average molecular weight is 323 g/mol. The molecule has 0 spiro atoms. The lowest BCUT2D eigenvalue weighted by molar-refractivity contribution is 0.141. The van der Waals surface area contributed by atoms with E-state index in [1.165, 1.54) is 5.56 Å². The van der Waals surface area contributed by atoms with E-state index in [4.69, 9.17) is 8.92 Å². The SMILES string of the molecule is CCS(=O)(=O)OC1CCC2N=Cc3cc(OC)ccc3C2C1. The first kappa shape index (κ1) is 15.5. The molecule has 1 aliphatic heterocycles. The highest BCUT2D eigenvalue weighted by Crippen LogP contribution is 2.40. The van der Waals surface area contributed by atoms with Crippen molar-refractivity contribution in [1.29, 1.82) is 0 Å². The third-order valence-corrected chi connectivity index (χ3v) is 5.77. The quantitative estimate of drug-likeness (QED) is 0.799. The first-order chi connectivity index (χ1) is 10.5. The van der Waals surface area contributed by atoms with E-state index in [0.29, 0.717) is 6.42 Å². The van der Waals surface area contributed by atoms with E-state index in [0.717, 1.165) is 24.2 Å². The topological polar surface area (TPSA) is 65.0 Å². The monoisotopic (exact) mass is 323 g/mol. The van der Waals surface area contributed by atoms with Crippen LogP contribution in [0.25, 0.3) is 0 Å².